The Morgan fingerprint density at radius 2 is 2.04 bits per heavy atom. The van der Waals surface area contributed by atoms with Gasteiger partial charge in [0.25, 0.3) is 0 Å². The molecule has 1 fully saturated rings. The van der Waals surface area contributed by atoms with Crippen molar-refractivity contribution >= 4 is 27.4 Å². The van der Waals surface area contributed by atoms with Crippen LogP contribution in [0.2, 0.25) is 0 Å². The van der Waals surface area contributed by atoms with Crippen LogP contribution >= 0.6 is 11.8 Å². The monoisotopic (exact) mass is 404 g/mol. The molecule has 27 heavy (non-hydrogen) atoms. The number of pyridine rings is 2. The number of sulfonamides is 1. The third-order valence-corrected chi connectivity index (χ3v) is 7.27. The van der Waals surface area contributed by atoms with E-state index in [0.29, 0.717) is 32.1 Å². The zero-order valence-corrected chi connectivity index (χ0v) is 16.5. The van der Waals surface area contributed by atoms with Gasteiger partial charge in [-0.05, 0) is 30.7 Å². The summed E-state index contributed by atoms with van der Waals surface area (Å²) in [7, 11) is -3.50. The van der Waals surface area contributed by atoms with E-state index in [4.69, 9.17) is 4.74 Å². The largest absolute Gasteiger partial charge is 0.379 e. The van der Waals surface area contributed by atoms with Crippen molar-refractivity contribution in [2.24, 2.45) is 0 Å². The lowest BCUT2D eigenvalue weighted by Crippen LogP contribution is -2.40. The normalized spacial score (nSPS) is 16.0. The Bertz CT molecular complexity index is 1040. The number of thioether (sulfide) groups is 1. The Kier molecular flexibility index (Phi) is 5.18. The quantitative estimate of drug-likeness (QED) is 0.608. The van der Waals surface area contributed by atoms with Crippen molar-refractivity contribution in [2.45, 2.75) is 22.6 Å². The molecule has 0 atom stereocenters. The highest BCUT2D eigenvalue weighted by Gasteiger charge is 2.26. The second-order valence-electron chi connectivity index (χ2n) is 6.29. The van der Waals surface area contributed by atoms with E-state index < -0.39 is 10.0 Å². The van der Waals surface area contributed by atoms with Crippen LogP contribution in [0.4, 0.5) is 0 Å². The van der Waals surface area contributed by atoms with E-state index in [1.165, 1.54) is 22.3 Å². The molecular weight excluding hydrogens is 384 g/mol. The van der Waals surface area contributed by atoms with Gasteiger partial charge in [0.15, 0.2) is 0 Å². The summed E-state index contributed by atoms with van der Waals surface area (Å²) < 4.78 is 33.9. The number of morpholine rings is 1. The van der Waals surface area contributed by atoms with E-state index in [9.17, 15) is 8.42 Å². The number of imidazole rings is 1. The highest BCUT2D eigenvalue weighted by molar-refractivity contribution is 7.98. The van der Waals surface area contributed by atoms with E-state index in [0.717, 1.165) is 21.9 Å². The van der Waals surface area contributed by atoms with Gasteiger partial charge in [0, 0.05) is 37.4 Å². The highest BCUT2D eigenvalue weighted by atomic mass is 32.2. The maximum absolute atomic E-state index is 12.6. The van der Waals surface area contributed by atoms with Crippen LogP contribution in [-0.2, 0) is 20.5 Å². The maximum atomic E-state index is 12.6. The third kappa shape index (κ3) is 3.86. The van der Waals surface area contributed by atoms with Crippen LogP contribution < -0.4 is 0 Å². The first-order valence-electron chi connectivity index (χ1n) is 8.64. The molecule has 9 heteroatoms. The molecule has 4 heterocycles. The van der Waals surface area contributed by atoms with Crippen LogP contribution in [0, 0.1) is 6.92 Å². The summed E-state index contributed by atoms with van der Waals surface area (Å²) in [5.74, 6) is 0.670. The van der Waals surface area contributed by atoms with Crippen molar-refractivity contribution in [1.82, 2.24) is 18.7 Å². The lowest BCUT2D eigenvalue weighted by molar-refractivity contribution is 0.0730. The van der Waals surface area contributed by atoms with Gasteiger partial charge in [0.05, 0.1) is 23.9 Å². The minimum absolute atomic E-state index is 0.220. The second kappa shape index (κ2) is 7.59. The average Bonchev–Trinajstić information content (AvgIpc) is 3.12. The minimum atomic E-state index is -3.50. The predicted molar refractivity (Wildman–Crippen MR) is 103 cm³/mol. The van der Waals surface area contributed by atoms with Gasteiger partial charge in [0.1, 0.15) is 10.5 Å². The fraction of sp³-hybridized carbons (Fsp3) is 0.333. The zero-order chi connectivity index (χ0) is 18.9. The maximum Gasteiger partial charge on any atom is 0.244 e. The van der Waals surface area contributed by atoms with Gasteiger partial charge in [-0.25, -0.2) is 18.4 Å². The topological polar surface area (TPSA) is 76.8 Å². The molecule has 1 aliphatic heterocycles. The summed E-state index contributed by atoms with van der Waals surface area (Å²) in [5.41, 5.74) is 3.04. The molecule has 142 valence electrons. The Hall–Kier alpha value is -1.94. The fourth-order valence-electron chi connectivity index (χ4n) is 2.96. The van der Waals surface area contributed by atoms with Crippen LogP contribution in [-0.4, -0.2) is 53.4 Å². The first kappa shape index (κ1) is 18.4. The summed E-state index contributed by atoms with van der Waals surface area (Å²) >= 11 is 1.53. The molecule has 7 nitrogen and oxygen atoms in total. The van der Waals surface area contributed by atoms with Crippen LogP contribution in [0.15, 0.2) is 52.8 Å². The number of hydrogen-bond donors (Lipinski definition) is 0. The van der Waals surface area contributed by atoms with Crippen LogP contribution in [0.5, 0.6) is 0 Å². The van der Waals surface area contributed by atoms with Crippen molar-refractivity contribution in [3.8, 4) is 0 Å². The number of nitrogens with zero attached hydrogens (tertiary/aromatic N) is 4. The van der Waals surface area contributed by atoms with Crippen molar-refractivity contribution in [1.29, 1.82) is 0 Å². The molecule has 0 amide bonds. The average molecular weight is 405 g/mol. The van der Waals surface area contributed by atoms with Gasteiger partial charge in [-0.3, -0.25) is 0 Å². The van der Waals surface area contributed by atoms with Gasteiger partial charge in [-0.1, -0.05) is 17.8 Å². The number of aromatic nitrogens is 3. The van der Waals surface area contributed by atoms with Crippen molar-refractivity contribution in [3.05, 3.63) is 54.1 Å². The molecule has 1 aliphatic rings. The first-order valence-corrected chi connectivity index (χ1v) is 11.1. The smallest absolute Gasteiger partial charge is 0.244 e. The van der Waals surface area contributed by atoms with Crippen molar-refractivity contribution < 1.29 is 13.2 Å². The molecule has 1 saturated heterocycles. The number of ether oxygens (including phenoxy) is 1. The SMILES string of the molecule is Cc1cccn2cc(CSc3ccc(S(=O)(=O)N4CCOCC4)cn3)nc12. The molecule has 0 radical (unpaired) electrons. The Labute approximate surface area is 162 Å². The van der Waals surface area contributed by atoms with Gasteiger partial charge in [-0.2, -0.15) is 4.31 Å². The molecule has 3 aromatic rings. The fourth-order valence-corrected chi connectivity index (χ4v) is 5.04. The van der Waals surface area contributed by atoms with Crippen LogP contribution in [0.25, 0.3) is 5.65 Å². The van der Waals surface area contributed by atoms with Gasteiger partial charge < -0.3 is 9.14 Å². The molecule has 3 aromatic heterocycles. The van der Waals surface area contributed by atoms with Gasteiger partial charge in [-0.15, -0.1) is 0 Å². The van der Waals surface area contributed by atoms with E-state index in [1.807, 2.05) is 35.9 Å². The van der Waals surface area contributed by atoms with Crippen LogP contribution in [0.3, 0.4) is 0 Å². The summed E-state index contributed by atoms with van der Waals surface area (Å²) in [6.07, 6.45) is 5.42. The molecule has 0 N–H and O–H groups in total. The van der Waals surface area contributed by atoms with Gasteiger partial charge in [0.2, 0.25) is 10.0 Å². The van der Waals surface area contributed by atoms with E-state index >= 15 is 0 Å². The molecule has 0 aliphatic carbocycles. The number of rotatable bonds is 5. The van der Waals surface area contributed by atoms with Gasteiger partial charge >= 0.3 is 0 Å². The second-order valence-corrected chi connectivity index (χ2v) is 9.23. The summed E-state index contributed by atoms with van der Waals surface area (Å²) in [5, 5.41) is 0.768. The molecular formula is C18H20N4O3S2. The molecule has 0 unspecified atom stereocenters. The lowest BCUT2D eigenvalue weighted by Gasteiger charge is -2.25. The zero-order valence-electron chi connectivity index (χ0n) is 14.9. The number of hydrogen-bond acceptors (Lipinski definition) is 6. The summed E-state index contributed by atoms with van der Waals surface area (Å²) in [6, 6.07) is 7.40. The van der Waals surface area contributed by atoms with E-state index in [1.54, 1.807) is 12.1 Å². The van der Waals surface area contributed by atoms with Crippen molar-refractivity contribution in [3.63, 3.8) is 0 Å². The molecule has 0 saturated carbocycles. The molecule has 0 bridgehead atoms. The Balaban J connectivity index is 1.45. The molecule has 0 spiro atoms. The predicted octanol–water partition coefficient (Wildman–Crippen LogP) is 2.35. The first-order chi connectivity index (χ1) is 13.0. The van der Waals surface area contributed by atoms with E-state index in [2.05, 4.69) is 9.97 Å². The van der Waals surface area contributed by atoms with Crippen LogP contribution in [0.1, 0.15) is 11.3 Å². The van der Waals surface area contributed by atoms with Crippen molar-refractivity contribution in [2.75, 3.05) is 26.3 Å². The third-order valence-electron chi connectivity index (χ3n) is 4.41. The molecule has 0 aromatic carbocycles. The molecule has 4 rings (SSSR count). The highest BCUT2D eigenvalue weighted by Crippen LogP contribution is 2.23. The summed E-state index contributed by atoms with van der Waals surface area (Å²) in [6.45, 7) is 3.66. The Morgan fingerprint density at radius 3 is 2.74 bits per heavy atom. The van der Waals surface area contributed by atoms with E-state index in [-0.39, 0.29) is 4.90 Å². The lowest BCUT2D eigenvalue weighted by atomic mass is 10.3. The Morgan fingerprint density at radius 1 is 1.22 bits per heavy atom. The number of aryl methyl sites for hydroxylation is 1. The standard InChI is InChI=1S/C18H20N4O3S2/c1-14-3-2-6-21-12-15(20-18(14)21)13-26-17-5-4-16(11-19-17)27(23,24)22-7-9-25-10-8-22/h2-6,11-12H,7-10,13H2,1H3. The minimum Gasteiger partial charge on any atom is -0.379 e. The summed E-state index contributed by atoms with van der Waals surface area (Å²) in [4.78, 5) is 9.18. The number of fused-ring (bicyclic) bond motifs is 1.